The number of amides is 1. The first-order valence-electron chi connectivity index (χ1n) is 9.12. The van der Waals surface area contributed by atoms with Crippen LogP contribution in [0, 0.1) is 0 Å². The number of rotatable bonds is 8. The van der Waals surface area contributed by atoms with E-state index < -0.39 is 0 Å². The summed E-state index contributed by atoms with van der Waals surface area (Å²) in [5, 5.41) is 6.95. The molecule has 1 fully saturated rings. The highest BCUT2D eigenvalue weighted by Crippen LogP contribution is 2.29. The lowest BCUT2D eigenvalue weighted by molar-refractivity contribution is -0.123. The molecular weight excluding hydrogens is 332 g/mol. The van der Waals surface area contributed by atoms with Crippen molar-refractivity contribution in [1.29, 1.82) is 0 Å². The number of nitrogens with zero attached hydrogens (tertiary/aromatic N) is 3. The SMILES string of the molecule is COCc1noc(C2CCCCN2CC(=O)NCCc2ccccc2)n1. The minimum atomic E-state index is 0.00160. The fourth-order valence-electron chi connectivity index (χ4n) is 3.28. The van der Waals surface area contributed by atoms with Crippen molar-refractivity contribution in [1.82, 2.24) is 20.4 Å². The van der Waals surface area contributed by atoms with Gasteiger partial charge in [0.1, 0.15) is 6.61 Å². The molecule has 0 radical (unpaired) electrons. The summed E-state index contributed by atoms with van der Waals surface area (Å²) in [6.07, 6.45) is 3.93. The van der Waals surface area contributed by atoms with Crippen LogP contribution >= 0.6 is 0 Å². The molecule has 1 amide bonds. The number of benzene rings is 1. The van der Waals surface area contributed by atoms with E-state index in [0.717, 1.165) is 32.2 Å². The van der Waals surface area contributed by atoms with Crippen molar-refractivity contribution in [3.63, 3.8) is 0 Å². The second-order valence-corrected chi connectivity index (χ2v) is 6.55. The van der Waals surface area contributed by atoms with Gasteiger partial charge in [-0.1, -0.05) is 41.9 Å². The Kier molecular flexibility index (Phi) is 6.74. The van der Waals surface area contributed by atoms with Gasteiger partial charge in [-0.3, -0.25) is 9.69 Å². The lowest BCUT2D eigenvalue weighted by atomic mass is 10.0. The van der Waals surface area contributed by atoms with E-state index in [1.807, 2.05) is 18.2 Å². The van der Waals surface area contributed by atoms with Crippen LogP contribution in [0.1, 0.15) is 42.6 Å². The van der Waals surface area contributed by atoms with Crippen LogP contribution in [-0.4, -0.2) is 47.7 Å². The van der Waals surface area contributed by atoms with Gasteiger partial charge >= 0.3 is 0 Å². The summed E-state index contributed by atoms with van der Waals surface area (Å²) >= 11 is 0. The number of carbonyl (C=O) groups excluding carboxylic acids is 1. The van der Waals surface area contributed by atoms with E-state index in [1.165, 1.54) is 5.56 Å². The molecule has 0 spiro atoms. The number of likely N-dealkylation sites (tertiary alicyclic amines) is 1. The average Bonchev–Trinajstić information content (AvgIpc) is 3.12. The van der Waals surface area contributed by atoms with Gasteiger partial charge < -0.3 is 14.6 Å². The monoisotopic (exact) mass is 358 g/mol. The predicted octanol–water partition coefficient (Wildman–Crippen LogP) is 2.10. The second kappa shape index (κ2) is 9.45. The van der Waals surface area contributed by atoms with Crippen LogP contribution < -0.4 is 5.32 Å². The lowest BCUT2D eigenvalue weighted by Crippen LogP contribution is -2.42. The van der Waals surface area contributed by atoms with Crippen molar-refractivity contribution in [2.24, 2.45) is 0 Å². The number of piperidine rings is 1. The van der Waals surface area contributed by atoms with E-state index in [4.69, 9.17) is 9.26 Å². The van der Waals surface area contributed by atoms with E-state index in [2.05, 4.69) is 32.5 Å². The number of methoxy groups -OCH3 is 1. The van der Waals surface area contributed by atoms with Crippen LogP contribution in [0.3, 0.4) is 0 Å². The highest BCUT2D eigenvalue weighted by molar-refractivity contribution is 5.78. The Morgan fingerprint density at radius 1 is 1.35 bits per heavy atom. The molecule has 1 unspecified atom stereocenters. The molecule has 7 nitrogen and oxygen atoms in total. The van der Waals surface area contributed by atoms with E-state index in [0.29, 0.717) is 31.4 Å². The van der Waals surface area contributed by atoms with Gasteiger partial charge in [0.15, 0.2) is 5.82 Å². The van der Waals surface area contributed by atoms with Crippen LogP contribution in [0.15, 0.2) is 34.9 Å². The molecule has 0 saturated carbocycles. The molecule has 0 bridgehead atoms. The molecule has 1 saturated heterocycles. The first-order valence-corrected chi connectivity index (χ1v) is 9.12. The van der Waals surface area contributed by atoms with Crippen molar-refractivity contribution in [3.05, 3.63) is 47.6 Å². The molecular formula is C19H26N4O3. The highest BCUT2D eigenvalue weighted by atomic mass is 16.5. The van der Waals surface area contributed by atoms with Crippen LogP contribution in [0.2, 0.25) is 0 Å². The lowest BCUT2D eigenvalue weighted by Gasteiger charge is -2.32. The van der Waals surface area contributed by atoms with Gasteiger partial charge in [0.25, 0.3) is 0 Å². The molecule has 2 heterocycles. The van der Waals surface area contributed by atoms with Gasteiger partial charge in [0.05, 0.1) is 12.6 Å². The smallest absolute Gasteiger partial charge is 0.244 e. The van der Waals surface area contributed by atoms with Gasteiger partial charge in [-0.15, -0.1) is 0 Å². The normalized spacial score (nSPS) is 18.0. The third kappa shape index (κ3) is 5.12. The van der Waals surface area contributed by atoms with Crippen molar-refractivity contribution < 1.29 is 14.1 Å². The van der Waals surface area contributed by atoms with Crippen molar-refractivity contribution in [3.8, 4) is 0 Å². The topological polar surface area (TPSA) is 80.5 Å². The summed E-state index contributed by atoms with van der Waals surface area (Å²) in [5.41, 5.74) is 1.22. The predicted molar refractivity (Wildman–Crippen MR) is 96.3 cm³/mol. The van der Waals surface area contributed by atoms with Crippen molar-refractivity contribution in [2.45, 2.75) is 38.3 Å². The quantitative estimate of drug-likeness (QED) is 0.778. The molecule has 1 aliphatic rings. The molecule has 26 heavy (non-hydrogen) atoms. The number of carbonyl (C=O) groups is 1. The third-order valence-electron chi connectivity index (χ3n) is 4.58. The summed E-state index contributed by atoms with van der Waals surface area (Å²) in [6, 6.07) is 10.2. The Morgan fingerprint density at radius 3 is 3.00 bits per heavy atom. The van der Waals surface area contributed by atoms with E-state index in [-0.39, 0.29) is 11.9 Å². The molecule has 1 atom stereocenters. The number of nitrogens with one attached hydrogen (secondary N) is 1. The Bertz CT molecular complexity index is 689. The first-order chi connectivity index (χ1) is 12.8. The van der Waals surface area contributed by atoms with Gasteiger partial charge in [-0.2, -0.15) is 4.98 Å². The summed E-state index contributed by atoms with van der Waals surface area (Å²) in [4.78, 5) is 18.9. The Morgan fingerprint density at radius 2 is 2.19 bits per heavy atom. The Hall–Kier alpha value is -2.25. The average molecular weight is 358 g/mol. The number of ether oxygens (including phenoxy) is 1. The molecule has 1 N–H and O–H groups in total. The fourth-order valence-corrected chi connectivity index (χ4v) is 3.28. The number of aromatic nitrogens is 2. The minimum Gasteiger partial charge on any atom is -0.377 e. The standard InChI is InChI=1S/C19H26N4O3/c1-25-14-17-21-19(26-22-17)16-9-5-6-12-23(16)13-18(24)20-11-10-15-7-3-2-4-8-15/h2-4,7-8,16H,5-6,9-14H2,1H3,(H,20,24). The maximum absolute atomic E-state index is 12.3. The Balaban J connectivity index is 1.51. The molecule has 7 heteroatoms. The summed E-state index contributed by atoms with van der Waals surface area (Å²) < 4.78 is 10.4. The second-order valence-electron chi connectivity index (χ2n) is 6.55. The van der Waals surface area contributed by atoms with Crippen LogP contribution in [0.5, 0.6) is 0 Å². The van der Waals surface area contributed by atoms with E-state index >= 15 is 0 Å². The third-order valence-corrected chi connectivity index (χ3v) is 4.58. The highest BCUT2D eigenvalue weighted by Gasteiger charge is 2.30. The number of hydrogen-bond donors (Lipinski definition) is 1. The van der Waals surface area contributed by atoms with Gasteiger partial charge in [0.2, 0.25) is 11.8 Å². The summed E-state index contributed by atoms with van der Waals surface area (Å²) in [7, 11) is 1.60. The molecule has 2 aromatic rings. The summed E-state index contributed by atoms with van der Waals surface area (Å²) in [6.45, 7) is 2.18. The van der Waals surface area contributed by atoms with Crippen LogP contribution in [0.4, 0.5) is 0 Å². The van der Waals surface area contributed by atoms with Crippen molar-refractivity contribution in [2.75, 3.05) is 26.7 Å². The largest absolute Gasteiger partial charge is 0.377 e. The molecule has 140 valence electrons. The zero-order valence-corrected chi connectivity index (χ0v) is 15.2. The molecule has 1 aromatic heterocycles. The van der Waals surface area contributed by atoms with Gasteiger partial charge in [-0.05, 0) is 31.4 Å². The Labute approximate surface area is 153 Å². The fraction of sp³-hybridized carbons (Fsp3) is 0.526. The molecule has 1 aliphatic heterocycles. The van der Waals surface area contributed by atoms with E-state index in [9.17, 15) is 4.79 Å². The van der Waals surface area contributed by atoms with Gasteiger partial charge in [-0.25, -0.2) is 0 Å². The van der Waals surface area contributed by atoms with E-state index in [1.54, 1.807) is 7.11 Å². The zero-order chi connectivity index (χ0) is 18.2. The van der Waals surface area contributed by atoms with Gasteiger partial charge in [0, 0.05) is 13.7 Å². The maximum Gasteiger partial charge on any atom is 0.244 e. The molecule has 1 aromatic carbocycles. The zero-order valence-electron chi connectivity index (χ0n) is 15.2. The number of hydrogen-bond acceptors (Lipinski definition) is 6. The van der Waals surface area contributed by atoms with Crippen LogP contribution in [-0.2, 0) is 22.6 Å². The molecule has 0 aliphatic carbocycles. The first kappa shape index (κ1) is 18.5. The molecule has 3 rings (SSSR count). The minimum absolute atomic E-state index is 0.00160. The van der Waals surface area contributed by atoms with Crippen LogP contribution in [0.25, 0.3) is 0 Å². The summed E-state index contributed by atoms with van der Waals surface area (Å²) in [5.74, 6) is 1.15. The van der Waals surface area contributed by atoms with Crippen molar-refractivity contribution >= 4 is 5.91 Å². The maximum atomic E-state index is 12.3.